The molecule has 7 heteroatoms. The molecule has 3 heterocycles. The summed E-state index contributed by atoms with van der Waals surface area (Å²) in [6.07, 6.45) is 3.43. The van der Waals surface area contributed by atoms with Crippen molar-refractivity contribution in [3.63, 3.8) is 0 Å². The van der Waals surface area contributed by atoms with Crippen LogP contribution in [-0.2, 0) is 16.0 Å². The van der Waals surface area contributed by atoms with E-state index in [2.05, 4.69) is 15.3 Å². The van der Waals surface area contributed by atoms with Crippen molar-refractivity contribution in [3.05, 3.63) is 40.1 Å². The van der Waals surface area contributed by atoms with Crippen molar-refractivity contribution in [1.29, 1.82) is 0 Å². The summed E-state index contributed by atoms with van der Waals surface area (Å²) in [6, 6.07) is 3.75. The lowest BCUT2D eigenvalue weighted by Crippen LogP contribution is -2.51. The number of thiazole rings is 1. The van der Waals surface area contributed by atoms with Crippen LogP contribution < -0.4 is 10.1 Å². The number of amides is 1. The van der Waals surface area contributed by atoms with Gasteiger partial charge in [-0.05, 0) is 38.8 Å². The number of rotatable bonds is 6. The van der Waals surface area contributed by atoms with Crippen LogP contribution in [0.15, 0.2) is 23.8 Å². The number of pyridine rings is 1. The molecule has 1 N–H and O–H groups in total. The van der Waals surface area contributed by atoms with Gasteiger partial charge in [-0.2, -0.15) is 0 Å². The first kappa shape index (κ1) is 17.8. The van der Waals surface area contributed by atoms with Gasteiger partial charge in [0.15, 0.2) is 0 Å². The van der Waals surface area contributed by atoms with E-state index in [1.807, 2.05) is 31.5 Å². The van der Waals surface area contributed by atoms with E-state index < -0.39 is 0 Å². The maximum Gasteiger partial charge on any atom is 0.220 e. The highest BCUT2D eigenvalue weighted by molar-refractivity contribution is 7.09. The molecule has 1 fully saturated rings. The Balaban J connectivity index is 1.54. The Morgan fingerprint density at radius 1 is 1.40 bits per heavy atom. The van der Waals surface area contributed by atoms with Crippen LogP contribution in [0, 0.1) is 13.8 Å². The van der Waals surface area contributed by atoms with E-state index in [1.165, 1.54) is 4.88 Å². The second kappa shape index (κ2) is 8.40. The van der Waals surface area contributed by atoms with Gasteiger partial charge in [0.25, 0.3) is 0 Å². The Hall–Kier alpha value is -1.99. The number of hydrogen-bond acceptors (Lipinski definition) is 6. The standard InChI is InChI=1S/C18H23N3O3S/c1-12-3-4-14(9-19-12)24-16-10-23-8-7-15(16)21-18(22)6-5-17-13(2)20-11-25-17/h3-4,9,11,15-16H,5-8,10H2,1-2H3,(H,21,22)/t15-,16+/m1/s1. The van der Waals surface area contributed by atoms with Gasteiger partial charge in [0, 0.05) is 23.6 Å². The van der Waals surface area contributed by atoms with Crippen LogP contribution in [0.5, 0.6) is 5.75 Å². The molecule has 0 saturated carbocycles. The number of carbonyl (C=O) groups is 1. The van der Waals surface area contributed by atoms with E-state index >= 15 is 0 Å². The molecule has 0 unspecified atom stereocenters. The third kappa shape index (κ3) is 4.99. The van der Waals surface area contributed by atoms with Gasteiger partial charge < -0.3 is 14.8 Å². The van der Waals surface area contributed by atoms with Crippen LogP contribution in [0.3, 0.4) is 0 Å². The van der Waals surface area contributed by atoms with E-state index in [9.17, 15) is 4.79 Å². The Labute approximate surface area is 151 Å². The molecule has 2 atom stereocenters. The van der Waals surface area contributed by atoms with E-state index in [1.54, 1.807) is 17.5 Å². The zero-order valence-electron chi connectivity index (χ0n) is 14.5. The van der Waals surface area contributed by atoms with Crippen molar-refractivity contribution in [1.82, 2.24) is 15.3 Å². The average molecular weight is 361 g/mol. The summed E-state index contributed by atoms with van der Waals surface area (Å²) in [4.78, 5) is 22.0. The molecule has 25 heavy (non-hydrogen) atoms. The monoisotopic (exact) mass is 361 g/mol. The molecule has 134 valence electrons. The minimum atomic E-state index is -0.202. The molecule has 1 aliphatic rings. The number of nitrogens with one attached hydrogen (secondary N) is 1. The first-order chi connectivity index (χ1) is 12.1. The Bertz CT molecular complexity index is 702. The SMILES string of the molecule is Cc1ccc(O[C@H]2COCC[C@H]2NC(=O)CCc2scnc2C)cn1. The quantitative estimate of drug-likeness (QED) is 0.855. The van der Waals surface area contributed by atoms with Gasteiger partial charge in [-0.1, -0.05) is 0 Å². The van der Waals surface area contributed by atoms with Crippen molar-refractivity contribution >= 4 is 17.2 Å². The van der Waals surface area contributed by atoms with Crippen molar-refractivity contribution < 1.29 is 14.3 Å². The zero-order chi connectivity index (χ0) is 17.6. The Kier molecular flexibility index (Phi) is 5.99. The maximum atomic E-state index is 12.3. The van der Waals surface area contributed by atoms with E-state index in [0.29, 0.717) is 25.4 Å². The summed E-state index contributed by atoms with van der Waals surface area (Å²) < 4.78 is 11.5. The number of nitrogens with zero attached hydrogens (tertiary/aromatic N) is 2. The number of carbonyl (C=O) groups excluding carboxylic acids is 1. The van der Waals surface area contributed by atoms with E-state index in [0.717, 1.165) is 24.2 Å². The molecule has 0 bridgehead atoms. The van der Waals surface area contributed by atoms with Crippen LogP contribution >= 0.6 is 11.3 Å². The van der Waals surface area contributed by atoms with Crippen molar-refractivity contribution in [3.8, 4) is 5.75 Å². The largest absolute Gasteiger partial charge is 0.484 e. The molecule has 1 amide bonds. The molecule has 6 nitrogen and oxygen atoms in total. The molecule has 0 radical (unpaired) electrons. The lowest BCUT2D eigenvalue weighted by molar-refractivity contribution is -0.123. The molecule has 3 rings (SSSR count). The highest BCUT2D eigenvalue weighted by atomic mass is 32.1. The summed E-state index contributed by atoms with van der Waals surface area (Å²) in [7, 11) is 0. The summed E-state index contributed by atoms with van der Waals surface area (Å²) >= 11 is 1.60. The molecule has 1 aliphatic heterocycles. The molecular weight excluding hydrogens is 338 g/mol. The Morgan fingerprint density at radius 2 is 2.28 bits per heavy atom. The van der Waals surface area contributed by atoms with Crippen molar-refractivity contribution in [2.75, 3.05) is 13.2 Å². The smallest absolute Gasteiger partial charge is 0.220 e. The average Bonchev–Trinajstić information content (AvgIpc) is 3.02. The predicted molar refractivity (Wildman–Crippen MR) is 95.9 cm³/mol. The zero-order valence-corrected chi connectivity index (χ0v) is 15.3. The fourth-order valence-electron chi connectivity index (χ4n) is 2.76. The molecule has 1 saturated heterocycles. The normalized spacial score (nSPS) is 20.2. The van der Waals surface area contributed by atoms with Crippen LogP contribution in [0.1, 0.15) is 29.1 Å². The fraction of sp³-hybridized carbons (Fsp3) is 0.500. The van der Waals surface area contributed by atoms with Crippen molar-refractivity contribution in [2.45, 2.75) is 45.3 Å². The lowest BCUT2D eigenvalue weighted by atomic mass is 10.1. The van der Waals surface area contributed by atoms with Gasteiger partial charge >= 0.3 is 0 Å². The van der Waals surface area contributed by atoms with Gasteiger partial charge in [0.2, 0.25) is 5.91 Å². The first-order valence-corrected chi connectivity index (χ1v) is 9.35. The molecule has 0 spiro atoms. The second-order valence-electron chi connectivity index (χ2n) is 6.19. The number of ether oxygens (including phenoxy) is 2. The Morgan fingerprint density at radius 3 is 3.00 bits per heavy atom. The summed E-state index contributed by atoms with van der Waals surface area (Å²) in [5.74, 6) is 0.732. The molecule has 2 aromatic rings. The molecular formula is C18H23N3O3S. The maximum absolute atomic E-state index is 12.3. The fourth-order valence-corrected chi connectivity index (χ4v) is 3.55. The van der Waals surface area contributed by atoms with Crippen LogP contribution in [-0.4, -0.2) is 41.2 Å². The number of hydrogen-bond donors (Lipinski definition) is 1. The molecule has 2 aromatic heterocycles. The summed E-state index contributed by atoms with van der Waals surface area (Å²) in [6.45, 7) is 5.00. The highest BCUT2D eigenvalue weighted by Gasteiger charge is 2.29. The summed E-state index contributed by atoms with van der Waals surface area (Å²) in [5.41, 5.74) is 3.77. The predicted octanol–water partition coefficient (Wildman–Crippen LogP) is 2.44. The van der Waals surface area contributed by atoms with Gasteiger partial charge in [0.1, 0.15) is 11.9 Å². The first-order valence-electron chi connectivity index (χ1n) is 8.47. The van der Waals surface area contributed by atoms with Crippen molar-refractivity contribution in [2.24, 2.45) is 0 Å². The minimum Gasteiger partial charge on any atom is -0.484 e. The van der Waals surface area contributed by atoms with Crippen LogP contribution in [0.25, 0.3) is 0 Å². The van der Waals surface area contributed by atoms with Crippen LogP contribution in [0.2, 0.25) is 0 Å². The van der Waals surface area contributed by atoms with E-state index in [4.69, 9.17) is 9.47 Å². The van der Waals surface area contributed by atoms with Gasteiger partial charge in [-0.3, -0.25) is 9.78 Å². The van der Waals surface area contributed by atoms with E-state index in [-0.39, 0.29) is 18.1 Å². The topological polar surface area (TPSA) is 73.3 Å². The van der Waals surface area contributed by atoms with Gasteiger partial charge in [-0.15, -0.1) is 11.3 Å². The third-order valence-electron chi connectivity index (χ3n) is 4.25. The highest BCUT2D eigenvalue weighted by Crippen LogP contribution is 2.18. The third-order valence-corrected chi connectivity index (χ3v) is 5.24. The van der Waals surface area contributed by atoms with Gasteiger partial charge in [-0.25, -0.2) is 4.98 Å². The van der Waals surface area contributed by atoms with Crippen LogP contribution in [0.4, 0.5) is 0 Å². The molecule has 0 aromatic carbocycles. The summed E-state index contributed by atoms with van der Waals surface area (Å²) in [5, 5.41) is 3.10. The minimum absolute atomic E-state index is 0.0373. The molecule has 0 aliphatic carbocycles. The lowest BCUT2D eigenvalue weighted by Gasteiger charge is -2.32. The van der Waals surface area contributed by atoms with Gasteiger partial charge in [0.05, 0.1) is 30.1 Å². The second-order valence-corrected chi connectivity index (χ2v) is 7.13. The number of aryl methyl sites for hydroxylation is 3. The number of aromatic nitrogens is 2.